The molecule has 0 bridgehead atoms. The number of carbonyl (C=O) groups is 1. The number of rotatable bonds is 5. The highest BCUT2D eigenvalue weighted by atomic mass is 35.5. The number of hydrogen-bond acceptors (Lipinski definition) is 5. The number of benzene rings is 1. The maximum atomic E-state index is 12.3. The van der Waals surface area contributed by atoms with Crippen LogP contribution in [0.4, 0.5) is 0 Å². The number of carbonyl (C=O) groups excluding carboxylic acids is 1. The number of hydrogen-bond donors (Lipinski definition) is 2. The van der Waals surface area contributed by atoms with E-state index in [2.05, 4.69) is 20.5 Å². The Morgan fingerprint density at radius 3 is 2.69 bits per heavy atom. The van der Waals surface area contributed by atoms with Crippen molar-refractivity contribution in [2.24, 2.45) is 0 Å². The van der Waals surface area contributed by atoms with Crippen LogP contribution in [0.25, 0.3) is 0 Å². The number of aromatic nitrogens is 1. The Hall–Kier alpha value is -0.600. The summed E-state index contributed by atoms with van der Waals surface area (Å²) in [4.78, 5) is 19.6. The third-order valence-electron chi connectivity index (χ3n) is 3.80. The summed E-state index contributed by atoms with van der Waals surface area (Å²) < 4.78 is 0. The van der Waals surface area contributed by atoms with E-state index >= 15 is 0 Å². The summed E-state index contributed by atoms with van der Waals surface area (Å²) in [6.45, 7) is 5.18. The van der Waals surface area contributed by atoms with Gasteiger partial charge in [0.1, 0.15) is 9.88 Å². The molecule has 10 heteroatoms. The second-order valence-corrected chi connectivity index (χ2v) is 7.52. The predicted octanol–water partition coefficient (Wildman–Crippen LogP) is 3.63. The lowest BCUT2D eigenvalue weighted by molar-refractivity contribution is 0.0955. The minimum absolute atomic E-state index is 0. The third-order valence-corrected chi connectivity index (χ3v) is 5.37. The largest absolute Gasteiger partial charge is 0.347 e. The summed E-state index contributed by atoms with van der Waals surface area (Å²) in [5, 5.41) is 8.29. The van der Waals surface area contributed by atoms with Gasteiger partial charge in [0.25, 0.3) is 5.91 Å². The van der Waals surface area contributed by atoms with Gasteiger partial charge in [-0.3, -0.25) is 9.69 Å². The van der Waals surface area contributed by atoms with Crippen molar-refractivity contribution in [3.63, 3.8) is 0 Å². The van der Waals surface area contributed by atoms with Crippen LogP contribution in [0.2, 0.25) is 10.0 Å². The van der Waals surface area contributed by atoms with Gasteiger partial charge < -0.3 is 10.6 Å². The summed E-state index contributed by atoms with van der Waals surface area (Å²) in [6.07, 6.45) is 1.64. The van der Waals surface area contributed by atoms with E-state index in [1.54, 1.807) is 18.3 Å². The topological polar surface area (TPSA) is 57.3 Å². The number of piperazine rings is 1. The molecule has 2 aromatic rings. The van der Waals surface area contributed by atoms with Crippen LogP contribution in [0.1, 0.15) is 20.2 Å². The number of nitrogens with zero attached hydrogens (tertiary/aromatic N) is 2. The number of nitrogens with one attached hydrogen (secondary N) is 2. The van der Waals surface area contributed by atoms with Gasteiger partial charge in [0.05, 0.1) is 12.7 Å². The predicted molar refractivity (Wildman–Crippen MR) is 112 cm³/mol. The molecule has 0 spiro atoms. The minimum Gasteiger partial charge on any atom is -0.347 e. The van der Waals surface area contributed by atoms with E-state index in [0.717, 1.165) is 43.3 Å². The van der Waals surface area contributed by atoms with E-state index in [4.69, 9.17) is 23.2 Å². The summed E-state index contributed by atoms with van der Waals surface area (Å²) >= 11 is 13.4. The van der Waals surface area contributed by atoms with Gasteiger partial charge in [-0.05, 0) is 17.7 Å². The van der Waals surface area contributed by atoms with E-state index in [-0.39, 0.29) is 30.7 Å². The fourth-order valence-electron chi connectivity index (χ4n) is 2.48. The van der Waals surface area contributed by atoms with Gasteiger partial charge in [0, 0.05) is 42.8 Å². The quantitative estimate of drug-likeness (QED) is 0.719. The lowest BCUT2D eigenvalue weighted by Crippen LogP contribution is -2.42. The number of halogens is 4. The molecule has 3 rings (SSSR count). The molecule has 1 aliphatic heterocycles. The average Bonchev–Trinajstić information content (AvgIpc) is 3.03. The monoisotopic (exact) mass is 456 g/mol. The first-order valence-electron chi connectivity index (χ1n) is 7.72. The summed E-state index contributed by atoms with van der Waals surface area (Å²) in [5.74, 6) is -0.134. The Balaban J connectivity index is 0.00000169. The van der Waals surface area contributed by atoms with Crippen LogP contribution in [0, 0.1) is 0 Å². The van der Waals surface area contributed by atoms with Gasteiger partial charge >= 0.3 is 0 Å². The molecule has 26 heavy (non-hydrogen) atoms. The Kier molecular flexibility index (Phi) is 10.2. The fraction of sp³-hybridized carbons (Fsp3) is 0.375. The van der Waals surface area contributed by atoms with Gasteiger partial charge in [0.2, 0.25) is 0 Å². The Bertz CT molecular complexity index is 722. The first kappa shape index (κ1) is 23.4. The fourth-order valence-corrected chi connectivity index (χ4v) is 3.83. The van der Waals surface area contributed by atoms with E-state index < -0.39 is 0 Å². The first-order chi connectivity index (χ1) is 11.6. The van der Waals surface area contributed by atoms with Crippen molar-refractivity contribution in [2.75, 3.05) is 26.2 Å². The molecule has 2 N–H and O–H groups in total. The van der Waals surface area contributed by atoms with Crippen molar-refractivity contribution in [3.8, 4) is 0 Å². The number of amides is 1. The van der Waals surface area contributed by atoms with Crippen molar-refractivity contribution < 1.29 is 4.79 Å². The van der Waals surface area contributed by atoms with Crippen molar-refractivity contribution in [1.82, 2.24) is 20.5 Å². The Morgan fingerprint density at radius 1 is 1.27 bits per heavy atom. The van der Waals surface area contributed by atoms with Gasteiger partial charge in [-0.1, -0.05) is 29.3 Å². The molecule has 1 aromatic heterocycles. The molecule has 0 saturated carbocycles. The zero-order chi connectivity index (χ0) is 16.9. The van der Waals surface area contributed by atoms with Crippen LogP contribution in [-0.2, 0) is 13.1 Å². The van der Waals surface area contributed by atoms with Gasteiger partial charge in [-0.2, -0.15) is 0 Å². The lowest BCUT2D eigenvalue weighted by Gasteiger charge is -2.26. The zero-order valence-electron chi connectivity index (χ0n) is 13.8. The number of thiazole rings is 1. The highest BCUT2D eigenvalue weighted by Gasteiger charge is 2.15. The van der Waals surface area contributed by atoms with Gasteiger partial charge in [-0.15, -0.1) is 36.2 Å². The second-order valence-electron chi connectivity index (χ2n) is 5.56. The lowest BCUT2D eigenvalue weighted by atomic mass is 10.2. The molecule has 0 unspecified atom stereocenters. The van der Waals surface area contributed by atoms with Crippen molar-refractivity contribution >= 4 is 65.3 Å². The van der Waals surface area contributed by atoms with E-state index in [9.17, 15) is 4.79 Å². The summed E-state index contributed by atoms with van der Waals surface area (Å²) in [7, 11) is 0. The second kappa shape index (κ2) is 11.3. The van der Waals surface area contributed by atoms with Crippen LogP contribution < -0.4 is 10.6 Å². The maximum Gasteiger partial charge on any atom is 0.263 e. The van der Waals surface area contributed by atoms with Crippen LogP contribution in [-0.4, -0.2) is 42.0 Å². The van der Waals surface area contributed by atoms with Crippen LogP contribution in [0.5, 0.6) is 0 Å². The van der Waals surface area contributed by atoms with E-state index in [1.165, 1.54) is 11.3 Å². The molecule has 1 fully saturated rings. The van der Waals surface area contributed by atoms with Crippen molar-refractivity contribution in [2.45, 2.75) is 13.1 Å². The molecule has 0 aliphatic carbocycles. The molecule has 1 amide bonds. The summed E-state index contributed by atoms with van der Waals surface area (Å²) in [5.41, 5.74) is 0.833. The molecule has 2 heterocycles. The third kappa shape index (κ3) is 6.53. The average molecular weight is 458 g/mol. The zero-order valence-corrected chi connectivity index (χ0v) is 17.8. The maximum absolute atomic E-state index is 12.3. The molecule has 0 atom stereocenters. The SMILES string of the molecule is Cl.Cl.O=C(NCc1ccc(Cl)cc1Cl)c1cnc(CN2CCNCC2)s1. The first-order valence-corrected chi connectivity index (χ1v) is 9.29. The smallest absolute Gasteiger partial charge is 0.263 e. The van der Waals surface area contributed by atoms with E-state index in [1.807, 2.05) is 6.07 Å². The summed E-state index contributed by atoms with van der Waals surface area (Å²) in [6, 6.07) is 5.24. The van der Waals surface area contributed by atoms with Crippen LogP contribution >= 0.6 is 59.4 Å². The molecular weight excluding hydrogens is 438 g/mol. The highest BCUT2D eigenvalue weighted by Crippen LogP contribution is 2.21. The Labute approximate surface area is 179 Å². The molecule has 0 radical (unpaired) electrons. The molecule has 1 aliphatic rings. The molecule has 5 nitrogen and oxygen atoms in total. The normalized spacial score (nSPS) is 14.2. The Morgan fingerprint density at radius 2 is 2.00 bits per heavy atom. The van der Waals surface area contributed by atoms with E-state index in [0.29, 0.717) is 21.5 Å². The van der Waals surface area contributed by atoms with Gasteiger partial charge in [0.15, 0.2) is 0 Å². The molecule has 144 valence electrons. The standard InChI is InChI=1S/C16H18Cl2N4OS.2ClH/c17-12-2-1-11(13(18)7-12)8-21-16(23)14-9-20-15(24-14)10-22-5-3-19-4-6-22;;/h1-2,7,9,19H,3-6,8,10H2,(H,21,23);2*1H. The highest BCUT2D eigenvalue weighted by molar-refractivity contribution is 7.13. The molecule has 1 saturated heterocycles. The minimum atomic E-state index is -0.134. The van der Waals surface area contributed by atoms with Crippen molar-refractivity contribution in [3.05, 3.63) is 49.9 Å². The van der Waals surface area contributed by atoms with Crippen LogP contribution in [0.3, 0.4) is 0 Å². The van der Waals surface area contributed by atoms with Crippen LogP contribution in [0.15, 0.2) is 24.4 Å². The molecule has 1 aromatic carbocycles. The van der Waals surface area contributed by atoms with Crippen molar-refractivity contribution in [1.29, 1.82) is 0 Å². The van der Waals surface area contributed by atoms with Gasteiger partial charge in [-0.25, -0.2) is 4.98 Å². The molecular formula is C16H20Cl4N4OS.